The van der Waals surface area contributed by atoms with E-state index in [2.05, 4.69) is 4.98 Å². The van der Waals surface area contributed by atoms with Gasteiger partial charge in [0.15, 0.2) is 0 Å². The van der Waals surface area contributed by atoms with Crippen LogP contribution >= 0.6 is 0 Å². The molecule has 0 amide bonds. The van der Waals surface area contributed by atoms with Crippen molar-refractivity contribution in [1.82, 2.24) is 9.55 Å². The normalized spacial score (nSPS) is 21.7. The highest BCUT2D eigenvalue weighted by Crippen LogP contribution is 2.35. The lowest BCUT2D eigenvalue weighted by molar-refractivity contribution is 0.122. The van der Waals surface area contributed by atoms with Crippen molar-refractivity contribution in [2.45, 2.75) is 38.3 Å². The van der Waals surface area contributed by atoms with Gasteiger partial charge >= 0.3 is 5.69 Å². The van der Waals surface area contributed by atoms with E-state index in [1.807, 2.05) is 4.57 Å². The Morgan fingerprint density at radius 2 is 2.29 bits per heavy atom. The van der Waals surface area contributed by atoms with E-state index in [0.717, 1.165) is 38.0 Å². The Hall–Kier alpha value is -1.03. The standard InChI is InChI=1S/C10H14N2O2/c13-10-11-8-6-14-5-1-2-9(8)12(10)7-3-4-7/h7H,1-6H2,(H,11,13). The van der Waals surface area contributed by atoms with Gasteiger partial charge in [0, 0.05) is 18.3 Å². The van der Waals surface area contributed by atoms with E-state index in [4.69, 9.17) is 4.74 Å². The Bertz CT molecular complexity index is 401. The van der Waals surface area contributed by atoms with Gasteiger partial charge in [0.2, 0.25) is 0 Å². The van der Waals surface area contributed by atoms with Crippen LogP contribution < -0.4 is 5.69 Å². The molecule has 1 aromatic rings. The smallest absolute Gasteiger partial charge is 0.326 e. The monoisotopic (exact) mass is 194 g/mol. The SMILES string of the molecule is O=c1[nH]c2c(n1C1CC1)CCCOC2. The molecule has 3 rings (SSSR count). The van der Waals surface area contributed by atoms with Crippen molar-refractivity contribution in [3.63, 3.8) is 0 Å². The summed E-state index contributed by atoms with van der Waals surface area (Å²) in [5.74, 6) is 0. The van der Waals surface area contributed by atoms with Crippen molar-refractivity contribution >= 4 is 0 Å². The quantitative estimate of drug-likeness (QED) is 0.724. The molecule has 2 heterocycles. The number of hydrogen-bond donors (Lipinski definition) is 1. The van der Waals surface area contributed by atoms with Crippen LogP contribution in [0.1, 0.15) is 36.7 Å². The predicted molar refractivity (Wildman–Crippen MR) is 51.3 cm³/mol. The molecular formula is C10H14N2O2. The molecule has 2 aliphatic rings. The second-order valence-electron chi connectivity index (χ2n) is 4.11. The van der Waals surface area contributed by atoms with Crippen LogP contribution in [0.4, 0.5) is 0 Å². The third-order valence-electron chi connectivity index (χ3n) is 2.98. The van der Waals surface area contributed by atoms with Gasteiger partial charge in [-0.05, 0) is 25.7 Å². The summed E-state index contributed by atoms with van der Waals surface area (Å²) < 4.78 is 7.35. The summed E-state index contributed by atoms with van der Waals surface area (Å²) in [5, 5.41) is 0. The Balaban J connectivity index is 2.09. The van der Waals surface area contributed by atoms with Crippen molar-refractivity contribution < 1.29 is 4.74 Å². The number of fused-ring (bicyclic) bond motifs is 1. The van der Waals surface area contributed by atoms with Gasteiger partial charge in [-0.1, -0.05) is 0 Å². The Kier molecular flexibility index (Phi) is 1.77. The van der Waals surface area contributed by atoms with Crippen LogP contribution in [0.25, 0.3) is 0 Å². The summed E-state index contributed by atoms with van der Waals surface area (Å²) >= 11 is 0. The summed E-state index contributed by atoms with van der Waals surface area (Å²) in [6.07, 6.45) is 4.32. The fourth-order valence-corrected chi connectivity index (χ4v) is 2.16. The molecular weight excluding hydrogens is 180 g/mol. The molecule has 1 saturated carbocycles. The van der Waals surface area contributed by atoms with Gasteiger partial charge < -0.3 is 9.72 Å². The van der Waals surface area contributed by atoms with Crippen molar-refractivity contribution in [2.75, 3.05) is 6.61 Å². The minimum atomic E-state index is 0.0583. The zero-order chi connectivity index (χ0) is 9.54. The fourth-order valence-electron chi connectivity index (χ4n) is 2.16. The van der Waals surface area contributed by atoms with Crippen molar-refractivity contribution in [2.24, 2.45) is 0 Å². The summed E-state index contributed by atoms with van der Waals surface area (Å²) in [4.78, 5) is 14.6. The van der Waals surface area contributed by atoms with Gasteiger partial charge in [-0.15, -0.1) is 0 Å². The summed E-state index contributed by atoms with van der Waals surface area (Å²) in [5.41, 5.74) is 2.25. The molecule has 14 heavy (non-hydrogen) atoms. The third-order valence-corrected chi connectivity index (χ3v) is 2.98. The number of H-pyrrole nitrogens is 1. The van der Waals surface area contributed by atoms with E-state index in [0.29, 0.717) is 12.6 Å². The van der Waals surface area contributed by atoms with E-state index in [-0.39, 0.29) is 5.69 Å². The molecule has 0 bridgehead atoms. The lowest BCUT2D eigenvalue weighted by Gasteiger charge is -2.03. The highest BCUT2D eigenvalue weighted by Gasteiger charge is 2.29. The van der Waals surface area contributed by atoms with Crippen LogP contribution in [0, 0.1) is 0 Å². The zero-order valence-electron chi connectivity index (χ0n) is 8.08. The fraction of sp³-hybridized carbons (Fsp3) is 0.700. The van der Waals surface area contributed by atoms with Crippen LogP contribution in [-0.4, -0.2) is 16.2 Å². The predicted octanol–water partition coefficient (Wildman–Crippen LogP) is 0.974. The maximum atomic E-state index is 11.7. The lowest BCUT2D eigenvalue weighted by Crippen LogP contribution is -2.17. The van der Waals surface area contributed by atoms with Crippen LogP contribution in [0.5, 0.6) is 0 Å². The first-order valence-corrected chi connectivity index (χ1v) is 5.26. The molecule has 0 unspecified atom stereocenters. The first-order valence-electron chi connectivity index (χ1n) is 5.26. The maximum absolute atomic E-state index is 11.7. The number of nitrogens with one attached hydrogen (secondary N) is 1. The van der Waals surface area contributed by atoms with Gasteiger partial charge in [-0.25, -0.2) is 4.79 Å². The van der Waals surface area contributed by atoms with E-state index >= 15 is 0 Å². The Morgan fingerprint density at radius 1 is 1.43 bits per heavy atom. The lowest BCUT2D eigenvalue weighted by atomic mass is 10.2. The summed E-state index contributed by atoms with van der Waals surface area (Å²) in [7, 11) is 0. The average molecular weight is 194 g/mol. The summed E-state index contributed by atoms with van der Waals surface area (Å²) in [6, 6.07) is 0.473. The van der Waals surface area contributed by atoms with Gasteiger partial charge in [-0.3, -0.25) is 4.57 Å². The molecule has 1 fully saturated rings. The van der Waals surface area contributed by atoms with E-state index in [1.165, 1.54) is 5.69 Å². The Morgan fingerprint density at radius 3 is 3.07 bits per heavy atom. The van der Waals surface area contributed by atoms with Gasteiger partial charge in [-0.2, -0.15) is 0 Å². The first-order chi connectivity index (χ1) is 6.86. The number of nitrogens with zero attached hydrogens (tertiary/aromatic N) is 1. The van der Waals surface area contributed by atoms with E-state index < -0.39 is 0 Å². The molecule has 4 heteroatoms. The second kappa shape index (κ2) is 2.98. The van der Waals surface area contributed by atoms with Crippen molar-refractivity contribution in [3.8, 4) is 0 Å². The largest absolute Gasteiger partial charge is 0.375 e. The minimum absolute atomic E-state index is 0.0583. The van der Waals surface area contributed by atoms with E-state index in [9.17, 15) is 4.79 Å². The minimum Gasteiger partial charge on any atom is -0.375 e. The maximum Gasteiger partial charge on any atom is 0.326 e. The molecule has 0 aromatic carbocycles. The van der Waals surface area contributed by atoms with Crippen molar-refractivity contribution in [1.29, 1.82) is 0 Å². The second-order valence-corrected chi connectivity index (χ2v) is 4.11. The van der Waals surface area contributed by atoms with Gasteiger partial charge in [0.25, 0.3) is 0 Å². The first kappa shape index (κ1) is 8.29. The highest BCUT2D eigenvalue weighted by molar-refractivity contribution is 5.16. The molecule has 1 aromatic heterocycles. The average Bonchev–Trinajstić information content (AvgIpc) is 2.95. The number of rotatable bonds is 1. The molecule has 1 aliphatic carbocycles. The van der Waals surface area contributed by atoms with Crippen LogP contribution in [0.2, 0.25) is 0 Å². The highest BCUT2D eigenvalue weighted by atomic mass is 16.5. The van der Waals surface area contributed by atoms with Gasteiger partial charge in [0.05, 0.1) is 12.3 Å². The molecule has 1 aliphatic heterocycles. The Labute approximate surface area is 81.9 Å². The topological polar surface area (TPSA) is 47.0 Å². The molecule has 76 valence electrons. The number of ether oxygens (including phenoxy) is 1. The number of aromatic amines is 1. The molecule has 0 spiro atoms. The number of hydrogen-bond acceptors (Lipinski definition) is 2. The molecule has 4 nitrogen and oxygen atoms in total. The van der Waals surface area contributed by atoms with Crippen LogP contribution in [0.3, 0.4) is 0 Å². The zero-order valence-corrected chi connectivity index (χ0v) is 8.08. The number of imidazole rings is 1. The molecule has 0 atom stereocenters. The van der Waals surface area contributed by atoms with E-state index in [1.54, 1.807) is 0 Å². The van der Waals surface area contributed by atoms with Crippen LogP contribution in [0.15, 0.2) is 4.79 Å². The van der Waals surface area contributed by atoms with Crippen LogP contribution in [-0.2, 0) is 17.8 Å². The molecule has 0 saturated heterocycles. The number of aromatic nitrogens is 2. The molecule has 0 radical (unpaired) electrons. The van der Waals surface area contributed by atoms with Crippen molar-refractivity contribution in [3.05, 3.63) is 21.9 Å². The molecule has 1 N–H and O–H groups in total. The van der Waals surface area contributed by atoms with Gasteiger partial charge in [0.1, 0.15) is 0 Å². The summed E-state index contributed by atoms with van der Waals surface area (Å²) in [6.45, 7) is 1.38. The third kappa shape index (κ3) is 1.21.